The van der Waals surface area contributed by atoms with Crippen molar-refractivity contribution >= 4 is 82.4 Å². The van der Waals surface area contributed by atoms with Crippen molar-refractivity contribution in [3.63, 3.8) is 0 Å². The highest BCUT2D eigenvalue weighted by Crippen LogP contribution is 2.42. The summed E-state index contributed by atoms with van der Waals surface area (Å²) < 4.78 is 8.71. The molecule has 0 N–H and O–H groups in total. The molecule has 0 amide bonds. The van der Waals surface area contributed by atoms with Crippen LogP contribution in [0.4, 0.5) is 17.1 Å². The average molecular weight is 905 g/mol. The monoisotopic (exact) mass is 904 g/mol. The van der Waals surface area contributed by atoms with E-state index in [0.29, 0.717) is 0 Å². The Morgan fingerprint density at radius 1 is 0.268 bits per heavy atom. The number of benzene rings is 12. The highest BCUT2D eigenvalue weighted by molar-refractivity contribution is 6.14. The maximum Gasteiger partial charge on any atom is 0.136 e. The predicted octanol–water partition coefficient (Wildman–Crippen LogP) is 19.1. The molecule has 0 radical (unpaired) electrons. The first-order valence-electron chi connectivity index (χ1n) is 24.3. The van der Waals surface area contributed by atoms with Gasteiger partial charge in [0.05, 0.1) is 11.0 Å². The molecule has 0 aliphatic heterocycles. The molecule has 0 atom stereocenters. The smallest absolute Gasteiger partial charge is 0.136 e. The van der Waals surface area contributed by atoms with E-state index in [-0.39, 0.29) is 0 Å². The van der Waals surface area contributed by atoms with Crippen LogP contribution in [0.25, 0.3) is 115 Å². The standard InChI is InChI=1S/C68H44N2O/c1-2-18-57-52(13-1)43-64(59-20-4-3-19-58(57)59)47-31-38-54(39-32-47)69(56-17-12-16-50(42-56)51-33-40-63-62-23-7-10-26-67(62)71-68(63)44-51)53-34-27-45(28-35-53)48-14-11-15-49(41-48)46-29-36-55(37-30-46)70-65-24-8-5-21-60(65)61-22-6-9-25-66(61)70/h1-44H. The minimum absolute atomic E-state index is 0.888. The van der Waals surface area contributed by atoms with Gasteiger partial charge in [-0.25, -0.2) is 0 Å². The molecule has 332 valence electrons. The van der Waals surface area contributed by atoms with Crippen molar-refractivity contribution in [2.45, 2.75) is 0 Å². The van der Waals surface area contributed by atoms with E-state index >= 15 is 0 Å². The Kier molecular flexibility index (Phi) is 9.53. The average Bonchev–Trinajstić information content (AvgIpc) is 3.99. The summed E-state index contributed by atoms with van der Waals surface area (Å²) in [5.41, 5.74) is 17.9. The van der Waals surface area contributed by atoms with Gasteiger partial charge in [-0.05, 0) is 157 Å². The molecule has 0 saturated carbocycles. The summed E-state index contributed by atoms with van der Waals surface area (Å²) in [6.45, 7) is 0. The molecule has 14 aromatic rings. The van der Waals surface area contributed by atoms with Crippen molar-refractivity contribution < 1.29 is 4.42 Å². The van der Waals surface area contributed by atoms with Crippen molar-refractivity contribution in [2.75, 3.05) is 4.90 Å². The lowest BCUT2D eigenvalue weighted by Gasteiger charge is -2.26. The van der Waals surface area contributed by atoms with Crippen LogP contribution < -0.4 is 4.90 Å². The summed E-state index contributed by atoms with van der Waals surface area (Å²) in [5.74, 6) is 0. The molecular formula is C68H44N2O. The van der Waals surface area contributed by atoms with Gasteiger partial charge in [-0.15, -0.1) is 0 Å². The van der Waals surface area contributed by atoms with Crippen LogP contribution in [0.2, 0.25) is 0 Å². The van der Waals surface area contributed by atoms with Crippen LogP contribution >= 0.6 is 0 Å². The number of fused-ring (bicyclic) bond motifs is 9. The number of hydrogen-bond acceptors (Lipinski definition) is 2. The molecule has 3 nitrogen and oxygen atoms in total. The highest BCUT2D eigenvalue weighted by Gasteiger charge is 2.17. The van der Waals surface area contributed by atoms with Gasteiger partial charge in [0.1, 0.15) is 11.2 Å². The van der Waals surface area contributed by atoms with Gasteiger partial charge >= 0.3 is 0 Å². The Balaban J connectivity index is 0.822. The lowest BCUT2D eigenvalue weighted by atomic mass is 9.93. The Morgan fingerprint density at radius 2 is 0.761 bits per heavy atom. The van der Waals surface area contributed by atoms with Crippen LogP contribution in [0, 0.1) is 0 Å². The van der Waals surface area contributed by atoms with E-state index in [2.05, 4.69) is 264 Å². The van der Waals surface area contributed by atoms with Crippen LogP contribution in [0.15, 0.2) is 271 Å². The number of aromatic nitrogens is 1. The highest BCUT2D eigenvalue weighted by atomic mass is 16.3. The second kappa shape index (κ2) is 16.7. The summed E-state index contributed by atoms with van der Waals surface area (Å²) in [4.78, 5) is 2.37. The maximum atomic E-state index is 6.34. The molecule has 71 heavy (non-hydrogen) atoms. The Labute approximate surface area is 411 Å². The van der Waals surface area contributed by atoms with E-state index in [1.165, 1.54) is 71.2 Å². The van der Waals surface area contributed by atoms with E-state index < -0.39 is 0 Å². The van der Waals surface area contributed by atoms with Crippen molar-refractivity contribution in [1.29, 1.82) is 0 Å². The second-order valence-corrected chi connectivity index (χ2v) is 18.5. The summed E-state index contributed by atoms with van der Waals surface area (Å²) in [6, 6.07) is 96.7. The van der Waals surface area contributed by atoms with Gasteiger partial charge in [0.2, 0.25) is 0 Å². The van der Waals surface area contributed by atoms with Crippen LogP contribution in [-0.4, -0.2) is 4.57 Å². The van der Waals surface area contributed by atoms with Gasteiger partial charge in [-0.2, -0.15) is 0 Å². The van der Waals surface area contributed by atoms with Gasteiger partial charge in [-0.3, -0.25) is 0 Å². The van der Waals surface area contributed by atoms with E-state index in [0.717, 1.165) is 61.4 Å². The van der Waals surface area contributed by atoms with Gasteiger partial charge < -0.3 is 13.9 Å². The Morgan fingerprint density at radius 3 is 1.45 bits per heavy atom. The molecule has 0 aliphatic carbocycles. The largest absolute Gasteiger partial charge is 0.456 e. The van der Waals surface area contributed by atoms with Gasteiger partial charge in [-0.1, -0.05) is 176 Å². The zero-order valence-corrected chi connectivity index (χ0v) is 38.7. The molecule has 0 bridgehead atoms. The molecule has 2 heterocycles. The topological polar surface area (TPSA) is 21.3 Å². The number of rotatable bonds is 8. The number of anilines is 3. The molecule has 0 fully saturated rings. The van der Waals surface area contributed by atoms with Crippen molar-refractivity contribution in [3.05, 3.63) is 267 Å². The summed E-state index contributed by atoms with van der Waals surface area (Å²) in [5, 5.41) is 9.82. The summed E-state index contributed by atoms with van der Waals surface area (Å²) in [6.07, 6.45) is 0. The zero-order chi connectivity index (χ0) is 46.8. The quantitative estimate of drug-likeness (QED) is 0.142. The lowest BCUT2D eigenvalue weighted by Crippen LogP contribution is -2.10. The third-order valence-corrected chi connectivity index (χ3v) is 14.4. The fourth-order valence-corrected chi connectivity index (χ4v) is 10.9. The third kappa shape index (κ3) is 6.97. The van der Waals surface area contributed by atoms with E-state index in [9.17, 15) is 0 Å². The van der Waals surface area contributed by atoms with Crippen LogP contribution in [0.3, 0.4) is 0 Å². The molecule has 0 aliphatic rings. The number of furan rings is 1. The first-order chi connectivity index (χ1) is 35.2. The Hall–Kier alpha value is -9.44. The molecule has 2 aromatic heterocycles. The maximum absolute atomic E-state index is 6.34. The van der Waals surface area contributed by atoms with Gasteiger partial charge in [0.25, 0.3) is 0 Å². The van der Waals surface area contributed by atoms with Crippen LogP contribution in [-0.2, 0) is 0 Å². The molecule has 0 saturated heterocycles. The normalized spacial score (nSPS) is 11.7. The first kappa shape index (κ1) is 40.6. The SMILES string of the molecule is c1cc(-c2ccc(N(c3ccc(-c4cc5ccccc5c5ccccc45)cc3)c3cccc(-c4ccc5c(c4)oc4ccccc45)c3)cc2)cc(-c2ccc(-n3c4ccccc4c4ccccc43)cc2)c1. The van der Waals surface area contributed by atoms with Gasteiger partial charge in [0, 0.05) is 44.3 Å². The molecule has 14 rings (SSSR count). The second-order valence-electron chi connectivity index (χ2n) is 18.5. The number of nitrogens with zero attached hydrogens (tertiary/aromatic N) is 2. The van der Waals surface area contributed by atoms with Crippen molar-refractivity contribution in [1.82, 2.24) is 4.57 Å². The molecule has 3 heteroatoms. The summed E-state index contributed by atoms with van der Waals surface area (Å²) in [7, 11) is 0. The fourth-order valence-electron chi connectivity index (χ4n) is 10.9. The first-order valence-corrected chi connectivity index (χ1v) is 24.3. The minimum atomic E-state index is 0.888. The fraction of sp³-hybridized carbons (Fsp3) is 0. The van der Waals surface area contributed by atoms with Crippen LogP contribution in [0.5, 0.6) is 0 Å². The van der Waals surface area contributed by atoms with E-state index in [4.69, 9.17) is 4.42 Å². The zero-order valence-electron chi connectivity index (χ0n) is 38.7. The number of para-hydroxylation sites is 3. The van der Waals surface area contributed by atoms with Crippen molar-refractivity contribution in [2.24, 2.45) is 0 Å². The predicted molar refractivity (Wildman–Crippen MR) is 299 cm³/mol. The third-order valence-electron chi connectivity index (χ3n) is 14.4. The van der Waals surface area contributed by atoms with Crippen molar-refractivity contribution in [3.8, 4) is 50.2 Å². The molecule has 0 spiro atoms. The molecule has 12 aromatic carbocycles. The summed E-state index contributed by atoms with van der Waals surface area (Å²) >= 11 is 0. The number of hydrogen-bond donors (Lipinski definition) is 0. The lowest BCUT2D eigenvalue weighted by molar-refractivity contribution is 0.669. The van der Waals surface area contributed by atoms with Gasteiger partial charge in [0.15, 0.2) is 0 Å². The van der Waals surface area contributed by atoms with E-state index in [1.807, 2.05) is 12.1 Å². The molecule has 0 unspecified atom stereocenters. The minimum Gasteiger partial charge on any atom is -0.456 e. The van der Waals surface area contributed by atoms with E-state index in [1.54, 1.807) is 0 Å². The van der Waals surface area contributed by atoms with Crippen LogP contribution in [0.1, 0.15) is 0 Å². The Bertz CT molecular complexity index is 4280. The molecular weight excluding hydrogens is 861 g/mol.